The van der Waals surface area contributed by atoms with Crippen LogP contribution in [0.2, 0.25) is 0 Å². The van der Waals surface area contributed by atoms with Crippen LogP contribution in [0.25, 0.3) is 10.9 Å². The van der Waals surface area contributed by atoms with E-state index in [1.807, 2.05) is 18.2 Å². The summed E-state index contributed by atoms with van der Waals surface area (Å²) >= 11 is 7.58. The fraction of sp³-hybridized carbons (Fsp3) is 0.429. The van der Waals surface area contributed by atoms with Crippen molar-refractivity contribution >= 4 is 39.5 Å². The molecule has 19 heavy (non-hydrogen) atoms. The summed E-state index contributed by atoms with van der Waals surface area (Å²) < 4.78 is 2.61. The Morgan fingerprint density at radius 3 is 2.79 bits per heavy atom. The SMILES string of the molecule is O=c1c2cc(Br)ccc2ncn1CCCCCCS. The largest absolute Gasteiger partial charge is 0.299 e. The smallest absolute Gasteiger partial charge is 0.261 e. The minimum atomic E-state index is 0.0421. The van der Waals surface area contributed by atoms with Crippen LogP contribution in [0.4, 0.5) is 0 Å². The van der Waals surface area contributed by atoms with Crippen molar-refractivity contribution in [1.82, 2.24) is 9.55 Å². The third-order valence-electron chi connectivity index (χ3n) is 3.09. The molecule has 0 bridgehead atoms. The van der Waals surface area contributed by atoms with E-state index < -0.39 is 0 Å². The average Bonchev–Trinajstić information content (AvgIpc) is 2.41. The number of rotatable bonds is 6. The average molecular weight is 341 g/mol. The number of halogens is 1. The van der Waals surface area contributed by atoms with Gasteiger partial charge in [-0.25, -0.2) is 4.98 Å². The molecule has 1 aromatic carbocycles. The lowest BCUT2D eigenvalue weighted by Crippen LogP contribution is -2.20. The van der Waals surface area contributed by atoms with Gasteiger partial charge in [-0.15, -0.1) is 0 Å². The quantitative estimate of drug-likeness (QED) is 0.643. The van der Waals surface area contributed by atoms with Crippen molar-refractivity contribution in [1.29, 1.82) is 0 Å². The molecule has 0 aliphatic heterocycles. The Balaban J connectivity index is 2.11. The summed E-state index contributed by atoms with van der Waals surface area (Å²) in [6.07, 6.45) is 6.10. The van der Waals surface area contributed by atoms with E-state index in [1.165, 1.54) is 6.42 Å². The molecule has 0 unspecified atom stereocenters. The maximum absolute atomic E-state index is 12.3. The van der Waals surface area contributed by atoms with Crippen molar-refractivity contribution in [3.8, 4) is 0 Å². The Hall–Kier alpha value is -0.810. The summed E-state index contributed by atoms with van der Waals surface area (Å²) in [5.41, 5.74) is 0.792. The summed E-state index contributed by atoms with van der Waals surface area (Å²) in [7, 11) is 0. The van der Waals surface area contributed by atoms with Crippen LogP contribution < -0.4 is 5.56 Å². The van der Waals surface area contributed by atoms with Crippen LogP contribution in [0.5, 0.6) is 0 Å². The topological polar surface area (TPSA) is 34.9 Å². The van der Waals surface area contributed by atoms with Crippen molar-refractivity contribution in [2.75, 3.05) is 5.75 Å². The minimum Gasteiger partial charge on any atom is -0.299 e. The molecule has 1 aromatic heterocycles. The van der Waals surface area contributed by atoms with Gasteiger partial charge in [0.2, 0.25) is 0 Å². The number of nitrogens with zero attached hydrogens (tertiary/aromatic N) is 2. The Labute approximate surface area is 126 Å². The van der Waals surface area contributed by atoms with E-state index in [0.29, 0.717) is 5.39 Å². The molecule has 0 aliphatic carbocycles. The summed E-state index contributed by atoms with van der Waals surface area (Å²) in [4.78, 5) is 16.6. The van der Waals surface area contributed by atoms with Crippen LogP contribution in [0, 0.1) is 0 Å². The predicted octanol–water partition coefficient (Wildman–Crippen LogP) is 3.65. The molecule has 0 saturated heterocycles. The Kier molecular flexibility index (Phi) is 5.45. The van der Waals surface area contributed by atoms with E-state index in [9.17, 15) is 4.79 Å². The number of benzene rings is 1. The van der Waals surface area contributed by atoms with Gasteiger partial charge < -0.3 is 0 Å². The summed E-state index contributed by atoms with van der Waals surface area (Å²) in [6.45, 7) is 0.737. The van der Waals surface area contributed by atoms with Gasteiger partial charge in [-0.1, -0.05) is 28.8 Å². The van der Waals surface area contributed by atoms with Crippen molar-refractivity contribution in [3.63, 3.8) is 0 Å². The second-order valence-corrected chi connectivity index (χ2v) is 5.91. The van der Waals surface area contributed by atoms with Gasteiger partial charge in [0, 0.05) is 11.0 Å². The zero-order chi connectivity index (χ0) is 13.7. The van der Waals surface area contributed by atoms with Gasteiger partial charge in [-0.3, -0.25) is 9.36 Å². The minimum absolute atomic E-state index is 0.0421. The van der Waals surface area contributed by atoms with Gasteiger partial charge in [-0.2, -0.15) is 12.6 Å². The van der Waals surface area contributed by atoms with Crippen LogP contribution in [-0.4, -0.2) is 15.3 Å². The zero-order valence-electron chi connectivity index (χ0n) is 10.7. The number of hydrogen-bond acceptors (Lipinski definition) is 3. The van der Waals surface area contributed by atoms with Gasteiger partial charge in [0.25, 0.3) is 5.56 Å². The molecular formula is C14H17BrN2OS. The molecular weight excluding hydrogens is 324 g/mol. The summed E-state index contributed by atoms with van der Waals surface area (Å²) in [6, 6.07) is 5.59. The fourth-order valence-corrected chi connectivity index (χ4v) is 2.62. The molecule has 0 atom stereocenters. The first kappa shape index (κ1) is 14.6. The highest BCUT2D eigenvalue weighted by molar-refractivity contribution is 9.10. The number of unbranched alkanes of at least 4 members (excludes halogenated alkanes) is 3. The lowest BCUT2D eigenvalue weighted by atomic mass is 10.2. The van der Waals surface area contributed by atoms with Crippen LogP contribution in [-0.2, 0) is 6.54 Å². The normalized spacial score (nSPS) is 11.1. The zero-order valence-corrected chi connectivity index (χ0v) is 13.2. The number of thiol groups is 1. The summed E-state index contributed by atoms with van der Waals surface area (Å²) in [5, 5.41) is 0.673. The molecule has 0 N–H and O–H groups in total. The standard InChI is InChI=1S/C14H17BrN2OS/c15-11-5-6-13-12(9-11)14(18)17(10-16-13)7-3-1-2-4-8-19/h5-6,9-10,19H,1-4,7-8H2. The monoisotopic (exact) mass is 340 g/mol. The second-order valence-electron chi connectivity index (χ2n) is 4.54. The molecule has 1 heterocycles. The van der Waals surface area contributed by atoms with Gasteiger partial charge in [-0.05, 0) is 36.8 Å². The third kappa shape index (κ3) is 3.83. The first-order valence-electron chi connectivity index (χ1n) is 6.48. The van der Waals surface area contributed by atoms with E-state index in [-0.39, 0.29) is 5.56 Å². The predicted molar refractivity (Wildman–Crippen MR) is 86.0 cm³/mol. The number of hydrogen-bond donors (Lipinski definition) is 1. The molecule has 5 heteroatoms. The number of aryl methyl sites for hydroxylation is 1. The van der Waals surface area contributed by atoms with Crippen LogP contribution in [0.3, 0.4) is 0 Å². The molecule has 2 aromatic rings. The van der Waals surface area contributed by atoms with E-state index in [2.05, 4.69) is 33.5 Å². The number of aromatic nitrogens is 2. The first-order chi connectivity index (χ1) is 9.22. The molecule has 0 aliphatic rings. The van der Waals surface area contributed by atoms with Gasteiger partial charge in [0.1, 0.15) is 0 Å². The van der Waals surface area contributed by atoms with Gasteiger partial charge in [0.05, 0.1) is 17.2 Å². The molecule has 0 radical (unpaired) electrons. The Bertz CT molecular complexity index is 612. The molecule has 0 amide bonds. The fourth-order valence-electron chi connectivity index (χ4n) is 2.04. The van der Waals surface area contributed by atoms with E-state index in [4.69, 9.17) is 0 Å². The number of fused-ring (bicyclic) bond motifs is 1. The molecule has 0 fully saturated rings. The van der Waals surface area contributed by atoms with Crippen molar-refractivity contribution in [3.05, 3.63) is 39.4 Å². The molecule has 3 nitrogen and oxygen atoms in total. The maximum atomic E-state index is 12.3. The highest BCUT2D eigenvalue weighted by Gasteiger charge is 2.04. The molecule has 2 rings (SSSR count). The van der Waals surface area contributed by atoms with E-state index in [1.54, 1.807) is 10.9 Å². The first-order valence-corrected chi connectivity index (χ1v) is 7.90. The van der Waals surface area contributed by atoms with Gasteiger partial charge >= 0.3 is 0 Å². The lowest BCUT2D eigenvalue weighted by molar-refractivity contribution is 0.569. The molecule has 0 spiro atoms. The van der Waals surface area contributed by atoms with Crippen LogP contribution >= 0.6 is 28.6 Å². The summed E-state index contributed by atoms with van der Waals surface area (Å²) in [5.74, 6) is 0.936. The molecule has 0 saturated carbocycles. The third-order valence-corrected chi connectivity index (χ3v) is 3.90. The highest BCUT2D eigenvalue weighted by Crippen LogP contribution is 2.15. The van der Waals surface area contributed by atoms with E-state index >= 15 is 0 Å². The molecule has 102 valence electrons. The van der Waals surface area contributed by atoms with E-state index in [0.717, 1.165) is 41.5 Å². The second kappa shape index (κ2) is 7.10. The Morgan fingerprint density at radius 1 is 1.21 bits per heavy atom. The van der Waals surface area contributed by atoms with Gasteiger partial charge in [0.15, 0.2) is 0 Å². The van der Waals surface area contributed by atoms with Crippen LogP contribution in [0.15, 0.2) is 33.8 Å². The lowest BCUT2D eigenvalue weighted by Gasteiger charge is -2.06. The van der Waals surface area contributed by atoms with Crippen molar-refractivity contribution < 1.29 is 0 Å². The highest BCUT2D eigenvalue weighted by atomic mass is 79.9. The Morgan fingerprint density at radius 2 is 2.00 bits per heavy atom. The van der Waals surface area contributed by atoms with Crippen LogP contribution in [0.1, 0.15) is 25.7 Å². The maximum Gasteiger partial charge on any atom is 0.261 e. The van der Waals surface area contributed by atoms with Crippen molar-refractivity contribution in [2.45, 2.75) is 32.2 Å². The van der Waals surface area contributed by atoms with Crippen molar-refractivity contribution in [2.24, 2.45) is 0 Å².